The van der Waals surface area contributed by atoms with Crippen molar-refractivity contribution in [2.24, 2.45) is 0 Å². The Kier molecular flexibility index (Phi) is 2.12. The average molecular weight is 232 g/mol. The van der Waals surface area contributed by atoms with Gasteiger partial charge in [-0.1, -0.05) is 6.92 Å². The van der Waals surface area contributed by atoms with Crippen molar-refractivity contribution in [3.8, 4) is 0 Å². The molecule has 1 aliphatic carbocycles. The molecule has 82 valence electrons. The second kappa shape index (κ2) is 3.01. The van der Waals surface area contributed by atoms with Gasteiger partial charge in [0, 0.05) is 18.3 Å². The first-order valence-corrected chi connectivity index (χ1v) is 5.41. The molecule has 1 N–H and O–H groups in total. The minimum absolute atomic E-state index is 0.188. The topological polar surface area (TPSA) is 37.3 Å². The van der Waals surface area contributed by atoms with Crippen molar-refractivity contribution < 1.29 is 18.7 Å². The average Bonchev–Trinajstić information content (AvgIpc) is 2.46. The molecule has 0 bridgehead atoms. The largest absolute Gasteiger partial charge is 0.477 e. The van der Waals surface area contributed by atoms with Crippen LogP contribution in [0.4, 0.5) is 8.78 Å². The maximum atomic E-state index is 12.8. The highest BCUT2D eigenvalue weighted by atomic mass is 32.1. The van der Waals surface area contributed by atoms with Gasteiger partial charge in [0.25, 0.3) is 0 Å². The Labute approximate surface area is 89.5 Å². The van der Waals surface area contributed by atoms with Gasteiger partial charge in [0.05, 0.1) is 0 Å². The highest BCUT2D eigenvalue weighted by molar-refractivity contribution is 7.12. The SMILES string of the molecule is CC1(c2ccsc2C(=O)O)CC(F)(F)C1. The molecule has 1 fully saturated rings. The van der Waals surface area contributed by atoms with Gasteiger partial charge in [-0.15, -0.1) is 11.3 Å². The lowest BCUT2D eigenvalue weighted by Crippen LogP contribution is -2.47. The molecule has 2 rings (SSSR count). The first-order valence-electron chi connectivity index (χ1n) is 4.53. The van der Waals surface area contributed by atoms with E-state index in [1.807, 2.05) is 0 Å². The van der Waals surface area contributed by atoms with E-state index in [9.17, 15) is 13.6 Å². The number of thiophene rings is 1. The Morgan fingerprint density at radius 2 is 2.13 bits per heavy atom. The Bertz CT molecular complexity index is 403. The van der Waals surface area contributed by atoms with Crippen LogP contribution in [0.3, 0.4) is 0 Å². The third kappa shape index (κ3) is 1.65. The smallest absolute Gasteiger partial charge is 0.346 e. The molecule has 1 aromatic rings. The van der Waals surface area contributed by atoms with Gasteiger partial charge in [-0.25, -0.2) is 13.6 Å². The molecule has 1 aliphatic rings. The molecule has 15 heavy (non-hydrogen) atoms. The fourth-order valence-electron chi connectivity index (χ4n) is 2.23. The summed E-state index contributed by atoms with van der Waals surface area (Å²) in [5.41, 5.74) is -0.122. The summed E-state index contributed by atoms with van der Waals surface area (Å²) < 4.78 is 25.6. The standard InChI is InChI=1S/C10H10F2O2S/c1-9(4-10(11,12)5-9)6-2-3-15-7(6)8(13)14/h2-3H,4-5H2,1H3,(H,13,14). The van der Waals surface area contributed by atoms with E-state index in [1.165, 1.54) is 0 Å². The van der Waals surface area contributed by atoms with Gasteiger partial charge < -0.3 is 5.11 Å². The fraction of sp³-hybridized carbons (Fsp3) is 0.500. The van der Waals surface area contributed by atoms with Crippen LogP contribution >= 0.6 is 11.3 Å². The number of hydrogen-bond acceptors (Lipinski definition) is 2. The molecule has 0 saturated heterocycles. The molecule has 0 spiro atoms. The monoisotopic (exact) mass is 232 g/mol. The van der Waals surface area contributed by atoms with Crippen molar-refractivity contribution in [2.45, 2.75) is 31.1 Å². The van der Waals surface area contributed by atoms with Gasteiger partial charge in [-0.05, 0) is 17.0 Å². The van der Waals surface area contributed by atoms with Crippen molar-refractivity contribution in [3.05, 3.63) is 21.9 Å². The lowest BCUT2D eigenvalue weighted by molar-refractivity contribution is -0.121. The number of carboxylic acid groups (broad SMARTS) is 1. The molecular formula is C10H10F2O2S. The zero-order chi connectivity index (χ0) is 11.3. The van der Waals surface area contributed by atoms with Crippen LogP contribution in [0.2, 0.25) is 0 Å². The summed E-state index contributed by atoms with van der Waals surface area (Å²) in [7, 11) is 0. The van der Waals surface area contributed by atoms with Gasteiger partial charge in [-0.3, -0.25) is 0 Å². The molecule has 0 amide bonds. The zero-order valence-corrected chi connectivity index (χ0v) is 8.91. The highest BCUT2D eigenvalue weighted by Crippen LogP contribution is 2.54. The Hall–Kier alpha value is -0.970. The summed E-state index contributed by atoms with van der Waals surface area (Å²) in [5, 5.41) is 10.5. The van der Waals surface area contributed by atoms with E-state index < -0.39 is 17.3 Å². The molecule has 1 aromatic heterocycles. The molecule has 0 aromatic carbocycles. The molecular weight excluding hydrogens is 222 g/mol. The quantitative estimate of drug-likeness (QED) is 0.850. The van der Waals surface area contributed by atoms with E-state index in [0.29, 0.717) is 5.56 Å². The van der Waals surface area contributed by atoms with Crippen LogP contribution < -0.4 is 0 Å². The van der Waals surface area contributed by atoms with E-state index in [-0.39, 0.29) is 17.7 Å². The van der Waals surface area contributed by atoms with Crippen LogP contribution in [-0.4, -0.2) is 17.0 Å². The van der Waals surface area contributed by atoms with Gasteiger partial charge in [0.2, 0.25) is 5.92 Å². The van der Waals surface area contributed by atoms with Crippen molar-refractivity contribution in [1.82, 2.24) is 0 Å². The maximum Gasteiger partial charge on any atom is 0.346 e. The molecule has 0 atom stereocenters. The molecule has 1 heterocycles. The summed E-state index contributed by atoms with van der Waals surface area (Å²) in [5.74, 6) is -3.66. The molecule has 0 radical (unpaired) electrons. The molecule has 1 saturated carbocycles. The molecule has 5 heteroatoms. The Morgan fingerprint density at radius 3 is 2.60 bits per heavy atom. The van der Waals surface area contributed by atoms with E-state index >= 15 is 0 Å². The van der Waals surface area contributed by atoms with E-state index in [1.54, 1.807) is 18.4 Å². The first kappa shape index (κ1) is 10.5. The lowest BCUT2D eigenvalue weighted by atomic mass is 9.63. The van der Waals surface area contributed by atoms with Gasteiger partial charge >= 0.3 is 5.97 Å². The van der Waals surface area contributed by atoms with E-state index in [2.05, 4.69) is 0 Å². The Balaban J connectivity index is 2.31. The number of halogens is 2. The van der Waals surface area contributed by atoms with Crippen molar-refractivity contribution in [2.75, 3.05) is 0 Å². The second-order valence-electron chi connectivity index (χ2n) is 4.24. The van der Waals surface area contributed by atoms with Crippen LogP contribution in [0, 0.1) is 0 Å². The van der Waals surface area contributed by atoms with Crippen LogP contribution in [0.25, 0.3) is 0 Å². The number of rotatable bonds is 2. The predicted molar refractivity (Wildman–Crippen MR) is 52.8 cm³/mol. The van der Waals surface area contributed by atoms with Gasteiger partial charge in [0.1, 0.15) is 4.88 Å². The highest BCUT2D eigenvalue weighted by Gasteiger charge is 2.55. The summed E-state index contributed by atoms with van der Waals surface area (Å²) in [6, 6.07) is 1.64. The number of aromatic carboxylic acids is 1. The van der Waals surface area contributed by atoms with Crippen LogP contribution in [0.1, 0.15) is 35.0 Å². The van der Waals surface area contributed by atoms with Crippen LogP contribution in [-0.2, 0) is 5.41 Å². The van der Waals surface area contributed by atoms with Crippen molar-refractivity contribution in [3.63, 3.8) is 0 Å². The second-order valence-corrected chi connectivity index (χ2v) is 5.15. The zero-order valence-electron chi connectivity index (χ0n) is 8.09. The molecule has 0 unspecified atom stereocenters. The fourth-order valence-corrected chi connectivity index (χ4v) is 3.11. The number of alkyl halides is 2. The molecule has 0 aliphatic heterocycles. The summed E-state index contributed by atoms with van der Waals surface area (Å²) in [6.45, 7) is 1.69. The normalized spacial score (nSPS) is 22.1. The van der Waals surface area contributed by atoms with Crippen molar-refractivity contribution >= 4 is 17.3 Å². The summed E-state index contributed by atoms with van der Waals surface area (Å²) in [4.78, 5) is 11.0. The number of carboxylic acids is 1. The number of hydrogen-bond donors (Lipinski definition) is 1. The molecule has 2 nitrogen and oxygen atoms in total. The van der Waals surface area contributed by atoms with Crippen LogP contribution in [0.15, 0.2) is 11.4 Å². The van der Waals surface area contributed by atoms with Gasteiger partial charge in [-0.2, -0.15) is 0 Å². The lowest BCUT2D eigenvalue weighted by Gasteiger charge is -2.45. The predicted octanol–water partition coefficient (Wildman–Crippen LogP) is 3.13. The third-order valence-corrected chi connectivity index (χ3v) is 3.71. The van der Waals surface area contributed by atoms with E-state index in [4.69, 9.17) is 5.11 Å². The third-order valence-electron chi connectivity index (χ3n) is 2.81. The summed E-state index contributed by atoms with van der Waals surface area (Å²) in [6.07, 6.45) is -0.506. The minimum atomic E-state index is -2.63. The number of carbonyl (C=O) groups is 1. The Morgan fingerprint density at radius 1 is 1.53 bits per heavy atom. The summed E-state index contributed by atoms with van der Waals surface area (Å²) >= 11 is 1.09. The maximum absolute atomic E-state index is 12.8. The van der Waals surface area contributed by atoms with Crippen LogP contribution in [0.5, 0.6) is 0 Å². The van der Waals surface area contributed by atoms with E-state index in [0.717, 1.165) is 11.3 Å². The van der Waals surface area contributed by atoms with Crippen molar-refractivity contribution in [1.29, 1.82) is 0 Å². The minimum Gasteiger partial charge on any atom is -0.477 e. The van der Waals surface area contributed by atoms with Gasteiger partial charge in [0.15, 0.2) is 0 Å². The first-order chi connectivity index (χ1) is 6.84.